The smallest absolute Gasteiger partial charge is 0.289 e. The Hall–Kier alpha value is -0.310. The summed E-state index contributed by atoms with van der Waals surface area (Å²) in [4.78, 5) is 14.6. The Morgan fingerprint density at radius 2 is 2.14 bits per heavy atom. The van der Waals surface area contributed by atoms with Crippen LogP contribution in [0.15, 0.2) is 11.1 Å². The van der Waals surface area contributed by atoms with Crippen LogP contribution < -0.4 is 5.56 Å². The molecule has 0 unspecified atom stereocenters. The van der Waals surface area contributed by atoms with Crippen LogP contribution >= 0.6 is 34.2 Å². The Labute approximate surface area is 95.0 Å². The van der Waals surface area contributed by atoms with Crippen LogP contribution in [-0.4, -0.2) is 15.7 Å². The molecule has 78 valence electrons. The standard InChI is InChI=1S/C6H3ClF3IN2O/c7-4-3(11)5(14)13(2-12-4)1-6(8,9)10/h2H,1H2. The molecule has 0 fully saturated rings. The molecule has 1 rings (SSSR count). The van der Waals surface area contributed by atoms with Crippen LogP contribution in [0.3, 0.4) is 0 Å². The normalized spacial score (nSPS) is 11.8. The van der Waals surface area contributed by atoms with Crippen molar-refractivity contribution in [2.45, 2.75) is 12.7 Å². The summed E-state index contributed by atoms with van der Waals surface area (Å²) in [6, 6.07) is 0. The van der Waals surface area contributed by atoms with Gasteiger partial charge in [-0.1, -0.05) is 11.6 Å². The van der Waals surface area contributed by atoms with E-state index < -0.39 is 18.3 Å². The maximum absolute atomic E-state index is 11.9. The molecule has 0 amide bonds. The molecule has 0 spiro atoms. The zero-order chi connectivity index (χ0) is 10.9. The Kier molecular flexibility index (Phi) is 3.40. The number of nitrogens with zero attached hydrogens (tertiary/aromatic N) is 2. The Balaban J connectivity index is 3.13. The summed E-state index contributed by atoms with van der Waals surface area (Å²) in [5, 5.41) is -0.0889. The van der Waals surface area contributed by atoms with E-state index in [9.17, 15) is 18.0 Å². The van der Waals surface area contributed by atoms with E-state index in [4.69, 9.17) is 11.6 Å². The summed E-state index contributed by atoms with van der Waals surface area (Å²) in [5.41, 5.74) is -0.789. The fraction of sp³-hybridized carbons (Fsp3) is 0.333. The van der Waals surface area contributed by atoms with E-state index in [-0.39, 0.29) is 8.72 Å². The number of hydrogen-bond acceptors (Lipinski definition) is 2. The van der Waals surface area contributed by atoms with Gasteiger partial charge in [0.2, 0.25) is 0 Å². The van der Waals surface area contributed by atoms with Crippen LogP contribution in [0.5, 0.6) is 0 Å². The Morgan fingerprint density at radius 3 is 2.64 bits per heavy atom. The molecule has 0 saturated carbocycles. The molecular weight excluding hydrogens is 335 g/mol. The SMILES string of the molecule is O=c1c(I)c(Cl)ncn1CC(F)(F)F. The molecule has 0 aliphatic heterocycles. The molecule has 14 heavy (non-hydrogen) atoms. The van der Waals surface area contributed by atoms with E-state index in [1.807, 2.05) is 0 Å². The highest BCUT2D eigenvalue weighted by atomic mass is 127. The van der Waals surface area contributed by atoms with Crippen molar-refractivity contribution >= 4 is 34.2 Å². The molecule has 0 bridgehead atoms. The summed E-state index contributed by atoms with van der Waals surface area (Å²) in [6.07, 6.45) is -3.66. The molecule has 0 aromatic carbocycles. The highest BCUT2D eigenvalue weighted by Gasteiger charge is 2.28. The molecule has 1 aromatic rings. The predicted molar refractivity (Wildman–Crippen MR) is 52.3 cm³/mol. The zero-order valence-corrected chi connectivity index (χ0v) is 9.39. The molecule has 1 aromatic heterocycles. The monoisotopic (exact) mass is 338 g/mol. The van der Waals surface area contributed by atoms with Gasteiger partial charge in [0.25, 0.3) is 5.56 Å². The van der Waals surface area contributed by atoms with Gasteiger partial charge in [0.05, 0.1) is 6.33 Å². The lowest BCUT2D eigenvalue weighted by molar-refractivity contribution is -0.141. The average molecular weight is 338 g/mol. The maximum Gasteiger partial charge on any atom is 0.406 e. The lowest BCUT2D eigenvalue weighted by Gasteiger charge is -2.08. The minimum absolute atomic E-state index is 0.0176. The van der Waals surface area contributed by atoms with Gasteiger partial charge in [0.1, 0.15) is 15.3 Å². The minimum atomic E-state index is -4.44. The lowest BCUT2D eigenvalue weighted by atomic mass is 10.5. The number of halogens is 5. The number of rotatable bonds is 1. The van der Waals surface area contributed by atoms with Crippen molar-refractivity contribution in [3.63, 3.8) is 0 Å². The summed E-state index contributed by atoms with van der Waals surface area (Å²) in [7, 11) is 0. The third-order valence-electron chi connectivity index (χ3n) is 1.29. The van der Waals surface area contributed by atoms with E-state index in [1.165, 1.54) is 0 Å². The molecule has 1 heterocycles. The first-order valence-corrected chi connectivity index (χ1v) is 4.74. The first kappa shape index (κ1) is 11.8. The second-order valence-electron chi connectivity index (χ2n) is 2.40. The van der Waals surface area contributed by atoms with Crippen molar-refractivity contribution in [3.8, 4) is 0 Å². The Bertz CT molecular complexity index is 403. The van der Waals surface area contributed by atoms with Gasteiger partial charge in [-0.15, -0.1) is 0 Å². The average Bonchev–Trinajstić information content (AvgIpc) is 2.04. The molecule has 8 heteroatoms. The Morgan fingerprint density at radius 1 is 1.57 bits per heavy atom. The second kappa shape index (κ2) is 4.05. The van der Waals surface area contributed by atoms with Crippen LogP contribution in [0.1, 0.15) is 0 Å². The summed E-state index contributed by atoms with van der Waals surface area (Å²) in [5.74, 6) is 0. The van der Waals surface area contributed by atoms with Crippen molar-refractivity contribution in [1.82, 2.24) is 9.55 Å². The van der Waals surface area contributed by atoms with E-state index in [1.54, 1.807) is 22.6 Å². The van der Waals surface area contributed by atoms with Crippen molar-refractivity contribution in [1.29, 1.82) is 0 Å². The molecule has 0 radical (unpaired) electrons. The van der Waals surface area contributed by atoms with Gasteiger partial charge in [0.15, 0.2) is 0 Å². The van der Waals surface area contributed by atoms with Crippen LogP contribution in [0.2, 0.25) is 5.15 Å². The fourth-order valence-corrected chi connectivity index (χ4v) is 1.32. The van der Waals surface area contributed by atoms with Gasteiger partial charge >= 0.3 is 6.18 Å². The largest absolute Gasteiger partial charge is 0.406 e. The van der Waals surface area contributed by atoms with Crippen molar-refractivity contribution in [2.75, 3.05) is 0 Å². The lowest BCUT2D eigenvalue weighted by Crippen LogP contribution is -2.29. The van der Waals surface area contributed by atoms with Gasteiger partial charge in [-0.3, -0.25) is 9.36 Å². The summed E-state index contributed by atoms with van der Waals surface area (Å²) in [6.45, 7) is -1.36. The first-order chi connectivity index (χ1) is 6.31. The van der Waals surface area contributed by atoms with Crippen LogP contribution in [0.4, 0.5) is 13.2 Å². The van der Waals surface area contributed by atoms with Gasteiger partial charge < -0.3 is 0 Å². The molecule has 0 atom stereocenters. The molecule has 3 nitrogen and oxygen atoms in total. The van der Waals surface area contributed by atoms with Crippen LogP contribution in [0, 0.1) is 3.57 Å². The first-order valence-electron chi connectivity index (χ1n) is 3.28. The molecule has 0 aliphatic carbocycles. The second-order valence-corrected chi connectivity index (χ2v) is 3.83. The van der Waals surface area contributed by atoms with Gasteiger partial charge in [-0.05, 0) is 22.6 Å². The van der Waals surface area contributed by atoms with Gasteiger partial charge in [-0.2, -0.15) is 13.2 Å². The van der Waals surface area contributed by atoms with Crippen molar-refractivity contribution in [2.24, 2.45) is 0 Å². The third-order valence-corrected chi connectivity index (χ3v) is 2.87. The summed E-state index contributed by atoms with van der Waals surface area (Å²) >= 11 is 6.99. The van der Waals surface area contributed by atoms with E-state index in [0.29, 0.717) is 4.57 Å². The summed E-state index contributed by atoms with van der Waals surface area (Å²) < 4.78 is 36.2. The molecule has 0 N–H and O–H groups in total. The van der Waals surface area contributed by atoms with Crippen LogP contribution in [-0.2, 0) is 6.54 Å². The zero-order valence-electron chi connectivity index (χ0n) is 6.48. The minimum Gasteiger partial charge on any atom is -0.289 e. The highest BCUT2D eigenvalue weighted by Crippen LogP contribution is 2.17. The highest BCUT2D eigenvalue weighted by molar-refractivity contribution is 14.1. The number of aromatic nitrogens is 2. The van der Waals surface area contributed by atoms with Crippen molar-refractivity contribution < 1.29 is 13.2 Å². The quantitative estimate of drug-likeness (QED) is 0.580. The topological polar surface area (TPSA) is 34.9 Å². The molecule has 0 saturated heterocycles. The number of alkyl halides is 3. The third kappa shape index (κ3) is 2.84. The molecule has 0 aliphatic rings. The van der Waals surface area contributed by atoms with E-state index in [0.717, 1.165) is 6.33 Å². The van der Waals surface area contributed by atoms with Crippen molar-refractivity contribution in [3.05, 3.63) is 25.4 Å². The fourth-order valence-electron chi connectivity index (χ4n) is 0.750. The molecular formula is C6H3ClF3IN2O. The predicted octanol–water partition coefficient (Wildman–Crippen LogP) is 2.06. The number of hydrogen-bond donors (Lipinski definition) is 0. The van der Waals surface area contributed by atoms with Crippen LogP contribution in [0.25, 0.3) is 0 Å². The van der Waals surface area contributed by atoms with Gasteiger partial charge in [0, 0.05) is 0 Å². The van der Waals surface area contributed by atoms with E-state index in [2.05, 4.69) is 4.98 Å². The van der Waals surface area contributed by atoms with E-state index >= 15 is 0 Å². The van der Waals surface area contributed by atoms with Gasteiger partial charge in [-0.25, -0.2) is 4.98 Å². The maximum atomic E-state index is 11.9.